The number of benzene rings is 2. The zero-order valence-electron chi connectivity index (χ0n) is 39.9. The van der Waals surface area contributed by atoms with E-state index in [9.17, 15) is 24.5 Å². The Balaban J connectivity index is 0.000000219. The number of hydrogen-bond acceptors (Lipinski definition) is 16. The lowest BCUT2D eigenvalue weighted by Crippen LogP contribution is -2.40. The van der Waals surface area contributed by atoms with Crippen molar-refractivity contribution in [1.29, 1.82) is 10.5 Å². The van der Waals surface area contributed by atoms with Crippen LogP contribution in [-0.4, -0.2) is 134 Å². The number of H-pyrrole nitrogens is 1. The number of hydrogen-bond donors (Lipinski definition) is 2. The first-order chi connectivity index (χ1) is 34.1. The van der Waals surface area contributed by atoms with Crippen LogP contribution in [0.2, 0.25) is 25.7 Å². The van der Waals surface area contributed by atoms with E-state index in [1.54, 1.807) is 32.6 Å². The molecule has 2 N–H and O–H groups in total. The number of carbonyl (C=O) groups excluding carboxylic acids is 1. The maximum absolute atomic E-state index is 15.0. The summed E-state index contributed by atoms with van der Waals surface area (Å²) < 4.78 is 56.5. The van der Waals surface area contributed by atoms with E-state index in [1.807, 2.05) is 13.8 Å². The summed E-state index contributed by atoms with van der Waals surface area (Å²) in [5.74, 6) is -0.462. The molecule has 2 fully saturated rings. The Bertz CT molecular complexity index is 2840. The van der Waals surface area contributed by atoms with E-state index in [0.717, 1.165) is 6.04 Å². The summed E-state index contributed by atoms with van der Waals surface area (Å²) in [6, 6.07) is 14.0. The molecule has 0 atom stereocenters. The molecule has 0 radical (unpaired) electrons. The Kier molecular flexibility index (Phi) is 16.7. The average Bonchev–Trinajstić information content (AvgIpc) is 4.20. The average molecular weight is 997 g/mol. The molecule has 2 amide bonds. The van der Waals surface area contributed by atoms with E-state index in [1.165, 1.54) is 40.0 Å². The Hall–Kier alpha value is -7.84. The van der Waals surface area contributed by atoms with Crippen molar-refractivity contribution in [2.45, 2.75) is 103 Å². The van der Waals surface area contributed by atoms with Gasteiger partial charge in [0.15, 0.2) is 29.0 Å². The predicted octanol–water partition coefficient (Wildman–Crippen LogP) is 6.59. The number of nitrogens with zero attached hydrogens (tertiary/aromatic N) is 15. The minimum absolute atomic E-state index is 0.0219. The third-order valence-electron chi connectivity index (χ3n) is 11.7. The summed E-state index contributed by atoms with van der Waals surface area (Å²) in [5.41, 5.74) is 2.71. The third kappa shape index (κ3) is 13.1. The van der Waals surface area contributed by atoms with Crippen LogP contribution in [0.15, 0.2) is 48.8 Å². The molecule has 374 valence electrons. The molecule has 26 heteroatoms. The predicted molar refractivity (Wildman–Crippen MR) is 249 cm³/mol. The molecule has 23 nitrogen and oxygen atoms in total. The van der Waals surface area contributed by atoms with Crippen LogP contribution < -0.4 is 9.47 Å². The van der Waals surface area contributed by atoms with E-state index in [-0.39, 0.29) is 61.5 Å². The molecule has 0 unspecified atom stereocenters. The third-order valence-corrected chi connectivity index (χ3v) is 13.4. The molecule has 0 saturated carbocycles. The number of tetrazole rings is 2. The monoisotopic (exact) mass is 996 g/mol. The van der Waals surface area contributed by atoms with Crippen LogP contribution in [0.25, 0.3) is 22.8 Å². The topological polar surface area (TPSA) is 279 Å². The summed E-state index contributed by atoms with van der Waals surface area (Å²) >= 11 is 0. The van der Waals surface area contributed by atoms with Gasteiger partial charge in [0, 0.05) is 63.1 Å². The number of ether oxygens (including phenoxy) is 4. The Labute approximate surface area is 407 Å². The number of piperidine rings is 2. The number of halogens is 2. The number of nitrogens with one attached hydrogen (secondary N) is 1. The van der Waals surface area contributed by atoms with Gasteiger partial charge in [-0.2, -0.15) is 30.6 Å². The summed E-state index contributed by atoms with van der Waals surface area (Å²) in [5, 5.41) is 62.2. The Morgan fingerprint density at radius 3 is 1.87 bits per heavy atom. The lowest BCUT2D eigenvalue weighted by Gasteiger charge is -2.32. The number of nitriles is 2. The Morgan fingerprint density at radius 2 is 1.38 bits per heavy atom. The fourth-order valence-corrected chi connectivity index (χ4v) is 8.57. The van der Waals surface area contributed by atoms with Gasteiger partial charge in [0.05, 0.1) is 30.6 Å². The first kappa shape index (κ1) is 51.0. The zero-order valence-corrected chi connectivity index (χ0v) is 40.9. The summed E-state index contributed by atoms with van der Waals surface area (Å²) in [6.45, 7) is 13.0. The molecule has 0 spiro atoms. The van der Waals surface area contributed by atoms with Gasteiger partial charge >= 0.3 is 12.2 Å². The lowest BCUT2D eigenvalue weighted by molar-refractivity contribution is 0.0652. The van der Waals surface area contributed by atoms with Crippen molar-refractivity contribution >= 4 is 20.3 Å². The van der Waals surface area contributed by atoms with Crippen molar-refractivity contribution in [1.82, 2.24) is 70.2 Å². The van der Waals surface area contributed by atoms with Crippen molar-refractivity contribution in [3.63, 3.8) is 0 Å². The van der Waals surface area contributed by atoms with E-state index in [4.69, 9.17) is 24.1 Å². The number of aromatic amines is 1. The second kappa shape index (κ2) is 23.2. The second-order valence-electron chi connectivity index (χ2n) is 18.3. The van der Waals surface area contributed by atoms with E-state index in [2.05, 4.69) is 78.1 Å². The van der Waals surface area contributed by atoms with Gasteiger partial charge in [-0.05, 0) is 97.6 Å². The summed E-state index contributed by atoms with van der Waals surface area (Å²) in [6.07, 6.45) is 4.05. The van der Waals surface area contributed by atoms with Crippen LogP contribution in [0.5, 0.6) is 11.5 Å². The normalized spacial score (nSPS) is 14.4. The number of rotatable bonds is 16. The van der Waals surface area contributed by atoms with Crippen LogP contribution in [0.3, 0.4) is 0 Å². The number of amides is 2. The van der Waals surface area contributed by atoms with Crippen molar-refractivity contribution in [3.05, 3.63) is 82.9 Å². The molecule has 4 aromatic heterocycles. The minimum atomic E-state index is -1.22. The molecule has 6 heterocycles. The molecule has 6 aromatic rings. The Morgan fingerprint density at radius 1 is 0.831 bits per heavy atom. The molecule has 2 aromatic carbocycles. The highest BCUT2D eigenvalue weighted by Crippen LogP contribution is 2.30. The maximum atomic E-state index is 15.0. The van der Waals surface area contributed by atoms with Gasteiger partial charge in [-0.3, -0.25) is 9.36 Å². The fourth-order valence-electron chi connectivity index (χ4n) is 7.81. The number of aromatic nitrogens is 12. The fraction of sp³-hybridized carbons (Fsp3) is 0.467. The zero-order chi connectivity index (χ0) is 50.7. The number of likely N-dealkylation sites (tertiary alicyclic amines) is 2. The number of carbonyl (C=O) groups is 2. The molecule has 8 rings (SSSR count). The molecule has 0 aliphatic carbocycles. The van der Waals surface area contributed by atoms with Gasteiger partial charge in [0.1, 0.15) is 43.5 Å². The second-order valence-corrected chi connectivity index (χ2v) is 23.9. The van der Waals surface area contributed by atoms with Crippen LogP contribution in [0.1, 0.15) is 74.1 Å². The molecule has 2 saturated heterocycles. The van der Waals surface area contributed by atoms with Gasteiger partial charge in [0.2, 0.25) is 5.82 Å². The standard InChI is InChI=1S/C27H37FN8O4Si.C18H17FN8O3/c1-19(2)40-27(37)34-10-8-22(9-11-34)36-24(15-29)21(16-30-36)17-39-25-7-6-20(14-23(25)28)26-31-32-33-35(26)18-38-12-13-41(3,4)5;19-14-7-11(17-22-24-25-23-17)1-2-16(14)30-10-12-9-21-27(15(12)8-20)13-3-5-26(6-4-13)18(28)29/h6-7,14,16,19,22H,8-13,17-18H2,1-5H3;1-2,7,9,13H,3-6,10H2,(H,28,29)(H,22,23,24,25). The summed E-state index contributed by atoms with van der Waals surface area (Å²) in [4.78, 5) is 26.2. The van der Waals surface area contributed by atoms with Gasteiger partial charge in [-0.15, -0.1) is 15.3 Å². The molecule has 2 aliphatic rings. The first-order valence-electron chi connectivity index (χ1n) is 22.9. The van der Waals surface area contributed by atoms with Gasteiger partial charge in [0.25, 0.3) is 0 Å². The quantitative estimate of drug-likeness (QED) is 0.0764. The van der Waals surface area contributed by atoms with Gasteiger partial charge in [-0.25, -0.2) is 18.4 Å². The summed E-state index contributed by atoms with van der Waals surface area (Å²) in [7, 11) is -1.22. The van der Waals surface area contributed by atoms with Crippen molar-refractivity contribution in [2.75, 3.05) is 32.8 Å². The number of carboxylic acid groups (broad SMARTS) is 1. The van der Waals surface area contributed by atoms with Crippen molar-refractivity contribution in [2.24, 2.45) is 0 Å². The van der Waals surface area contributed by atoms with E-state index >= 15 is 4.39 Å². The first-order valence-corrected chi connectivity index (χ1v) is 26.6. The molecular formula is C45H54F2N16O7Si. The van der Waals surface area contributed by atoms with Gasteiger partial charge in [-0.1, -0.05) is 19.6 Å². The smallest absolute Gasteiger partial charge is 0.410 e. The van der Waals surface area contributed by atoms with Crippen LogP contribution in [0, 0.1) is 34.3 Å². The highest BCUT2D eigenvalue weighted by Gasteiger charge is 2.29. The SMILES string of the molecule is CC(C)OC(=O)N1CCC(n2ncc(COc3ccc(-c4nnnn4COCC[Si](C)(C)C)cc3F)c2C#N)CC1.N#Cc1c(COc2ccc(-c3nn[nH]n3)cc2F)cnn1C1CCN(C(=O)O)CC1. The molecule has 0 bridgehead atoms. The lowest BCUT2D eigenvalue weighted by atomic mass is 10.1. The van der Waals surface area contributed by atoms with E-state index < -0.39 is 25.8 Å². The van der Waals surface area contributed by atoms with E-state index in [0.29, 0.717) is 97.9 Å². The molecular weight excluding hydrogens is 943 g/mol. The van der Waals surface area contributed by atoms with Crippen LogP contribution in [0.4, 0.5) is 18.4 Å². The maximum Gasteiger partial charge on any atom is 0.410 e. The minimum Gasteiger partial charge on any atom is -0.486 e. The molecule has 71 heavy (non-hydrogen) atoms. The highest BCUT2D eigenvalue weighted by molar-refractivity contribution is 6.76. The van der Waals surface area contributed by atoms with Crippen molar-refractivity contribution < 1.29 is 42.4 Å². The van der Waals surface area contributed by atoms with Crippen LogP contribution in [-0.2, 0) is 29.4 Å². The largest absolute Gasteiger partial charge is 0.486 e. The van der Waals surface area contributed by atoms with Crippen molar-refractivity contribution in [3.8, 4) is 46.4 Å². The van der Waals surface area contributed by atoms with Crippen LogP contribution >= 0.6 is 0 Å². The molecule has 2 aliphatic heterocycles. The van der Waals surface area contributed by atoms with Gasteiger partial charge < -0.3 is 33.9 Å². The highest BCUT2D eigenvalue weighted by atomic mass is 28.3.